The predicted octanol–water partition coefficient (Wildman–Crippen LogP) is 5.36. The Morgan fingerprint density at radius 1 is 1.00 bits per heavy atom. The first-order valence-corrected chi connectivity index (χ1v) is 8.50. The first kappa shape index (κ1) is 12.2. The summed E-state index contributed by atoms with van der Waals surface area (Å²) in [5.41, 5.74) is 1.01. The summed E-state index contributed by atoms with van der Waals surface area (Å²) in [6, 6.07) is 0. The van der Waals surface area contributed by atoms with Crippen LogP contribution in [0.3, 0.4) is 0 Å². The van der Waals surface area contributed by atoms with E-state index in [1.165, 1.54) is 44.9 Å². The quantitative estimate of drug-likeness (QED) is 0.512. The standard InChI is InChI=1S/C19H28/c1-18-11-5-7-16(18)15-9-8-14-6-3-4-12-19(14,2)17(15)10-13-18/h5,10-11,13-17H,3-4,6-9,12H2,1-2H3/t14?,15-,16-,17-,18-,19-/m0/s1. The summed E-state index contributed by atoms with van der Waals surface area (Å²) in [6.45, 7) is 5.09. The van der Waals surface area contributed by atoms with Gasteiger partial charge in [0.05, 0.1) is 0 Å². The van der Waals surface area contributed by atoms with E-state index in [2.05, 4.69) is 38.2 Å². The molecule has 4 rings (SSSR count). The molecular weight excluding hydrogens is 228 g/mol. The van der Waals surface area contributed by atoms with Crippen molar-refractivity contribution < 1.29 is 0 Å². The van der Waals surface area contributed by atoms with E-state index >= 15 is 0 Å². The Morgan fingerprint density at radius 3 is 2.79 bits per heavy atom. The van der Waals surface area contributed by atoms with Gasteiger partial charge in [-0.25, -0.2) is 0 Å². The van der Waals surface area contributed by atoms with Crippen LogP contribution in [0.2, 0.25) is 0 Å². The minimum Gasteiger partial charge on any atom is -0.0873 e. The maximum Gasteiger partial charge on any atom is 0.00668 e. The van der Waals surface area contributed by atoms with Gasteiger partial charge in [-0.3, -0.25) is 0 Å². The summed E-state index contributed by atoms with van der Waals surface area (Å²) < 4.78 is 0. The average Bonchev–Trinajstić information content (AvgIpc) is 2.79. The van der Waals surface area contributed by atoms with Gasteiger partial charge < -0.3 is 0 Å². The van der Waals surface area contributed by atoms with Crippen LogP contribution >= 0.6 is 0 Å². The third-order valence-corrected chi connectivity index (χ3v) is 7.37. The molecule has 0 spiro atoms. The molecule has 0 amide bonds. The van der Waals surface area contributed by atoms with Gasteiger partial charge in [0.15, 0.2) is 0 Å². The summed E-state index contributed by atoms with van der Waals surface area (Å²) in [4.78, 5) is 0. The molecule has 4 aliphatic rings. The van der Waals surface area contributed by atoms with E-state index in [1.807, 2.05) is 0 Å². The minimum atomic E-state index is 0.388. The van der Waals surface area contributed by atoms with Crippen LogP contribution in [0, 0.1) is 34.5 Å². The third-order valence-electron chi connectivity index (χ3n) is 7.37. The van der Waals surface area contributed by atoms with Crippen LogP contribution in [0.5, 0.6) is 0 Å². The van der Waals surface area contributed by atoms with Gasteiger partial charge in [-0.2, -0.15) is 0 Å². The van der Waals surface area contributed by atoms with Gasteiger partial charge in [-0.1, -0.05) is 51.0 Å². The van der Waals surface area contributed by atoms with Crippen molar-refractivity contribution in [3.05, 3.63) is 24.3 Å². The topological polar surface area (TPSA) is 0 Å². The second kappa shape index (κ2) is 3.99. The Labute approximate surface area is 118 Å². The number of fused-ring (bicyclic) bond motifs is 5. The van der Waals surface area contributed by atoms with E-state index in [4.69, 9.17) is 0 Å². The lowest BCUT2D eigenvalue weighted by Gasteiger charge is -2.57. The Balaban J connectivity index is 1.71. The van der Waals surface area contributed by atoms with Gasteiger partial charge in [-0.15, -0.1) is 0 Å². The summed E-state index contributed by atoms with van der Waals surface area (Å²) in [6.07, 6.45) is 20.5. The molecule has 6 atom stereocenters. The van der Waals surface area contributed by atoms with E-state index in [9.17, 15) is 0 Å². The number of rotatable bonds is 0. The molecule has 2 saturated carbocycles. The summed E-state index contributed by atoms with van der Waals surface area (Å²) in [7, 11) is 0. The van der Waals surface area contributed by atoms with E-state index in [0.29, 0.717) is 10.8 Å². The van der Waals surface area contributed by atoms with Crippen LogP contribution in [-0.4, -0.2) is 0 Å². The molecule has 0 aromatic carbocycles. The number of hydrogen-bond acceptors (Lipinski definition) is 0. The second-order valence-electron chi connectivity index (χ2n) is 8.19. The van der Waals surface area contributed by atoms with Gasteiger partial charge >= 0.3 is 0 Å². The molecule has 2 fully saturated rings. The highest BCUT2D eigenvalue weighted by molar-refractivity contribution is 5.26. The van der Waals surface area contributed by atoms with Crippen molar-refractivity contribution in [2.45, 2.75) is 58.8 Å². The zero-order chi connectivity index (χ0) is 13.1. The van der Waals surface area contributed by atoms with Crippen LogP contribution < -0.4 is 0 Å². The molecule has 0 saturated heterocycles. The average molecular weight is 256 g/mol. The number of hydrogen-bond donors (Lipinski definition) is 0. The molecule has 0 aromatic heterocycles. The predicted molar refractivity (Wildman–Crippen MR) is 80.8 cm³/mol. The Kier molecular flexibility index (Phi) is 2.57. The molecular formula is C19H28. The Hall–Kier alpha value is -0.520. The van der Waals surface area contributed by atoms with Crippen LogP contribution in [-0.2, 0) is 0 Å². The van der Waals surface area contributed by atoms with Crippen molar-refractivity contribution in [2.24, 2.45) is 34.5 Å². The monoisotopic (exact) mass is 256 g/mol. The minimum absolute atomic E-state index is 0.388. The van der Waals surface area contributed by atoms with Crippen molar-refractivity contribution in [3.63, 3.8) is 0 Å². The maximum absolute atomic E-state index is 2.65. The first-order valence-electron chi connectivity index (χ1n) is 8.50. The zero-order valence-corrected chi connectivity index (χ0v) is 12.6. The van der Waals surface area contributed by atoms with Crippen molar-refractivity contribution in [1.82, 2.24) is 0 Å². The zero-order valence-electron chi connectivity index (χ0n) is 12.6. The fraction of sp³-hybridized carbons (Fsp3) is 0.789. The third kappa shape index (κ3) is 1.58. The highest BCUT2D eigenvalue weighted by atomic mass is 14.6. The van der Waals surface area contributed by atoms with Gasteiger partial charge in [0.1, 0.15) is 0 Å². The molecule has 0 nitrogen and oxygen atoms in total. The second-order valence-corrected chi connectivity index (χ2v) is 8.19. The van der Waals surface area contributed by atoms with E-state index in [-0.39, 0.29) is 0 Å². The molecule has 104 valence electrons. The molecule has 0 radical (unpaired) electrons. The fourth-order valence-corrected chi connectivity index (χ4v) is 6.19. The normalized spacial score (nSPS) is 55.5. The molecule has 1 unspecified atom stereocenters. The fourth-order valence-electron chi connectivity index (χ4n) is 6.19. The van der Waals surface area contributed by atoms with E-state index in [1.54, 1.807) is 0 Å². The molecule has 19 heavy (non-hydrogen) atoms. The number of allylic oxidation sites excluding steroid dienone is 4. The molecule has 0 heteroatoms. The SMILES string of the molecule is C[C@@]12C=CC[C@H]1[C@@H]1CCC3CCCC[C@]3(C)[C@H]1C=C2. The lowest BCUT2D eigenvalue weighted by atomic mass is 9.47. The Morgan fingerprint density at radius 2 is 1.89 bits per heavy atom. The highest BCUT2D eigenvalue weighted by Gasteiger charge is 2.54. The van der Waals surface area contributed by atoms with Crippen LogP contribution in [0.25, 0.3) is 0 Å². The van der Waals surface area contributed by atoms with Gasteiger partial charge in [0.2, 0.25) is 0 Å². The lowest BCUT2D eigenvalue weighted by Crippen LogP contribution is -2.49. The van der Waals surface area contributed by atoms with Gasteiger partial charge in [0.25, 0.3) is 0 Å². The van der Waals surface area contributed by atoms with Crippen molar-refractivity contribution in [2.75, 3.05) is 0 Å². The summed E-state index contributed by atoms with van der Waals surface area (Å²) >= 11 is 0. The van der Waals surface area contributed by atoms with Crippen LogP contribution in [0.4, 0.5) is 0 Å². The smallest absolute Gasteiger partial charge is 0.00668 e. The van der Waals surface area contributed by atoms with E-state index < -0.39 is 0 Å². The lowest BCUT2D eigenvalue weighted by molar-refractivity contribution is -0.0457. The maximum atomic E-state index is 2.65. The first-order chi connectivity index (χ1) is 9.13. The summed E-state index contributed by atoms with van der Waals surface area (Å²) in [5.74, 6) is 3.77. The van der Waals surface area contributed by atoms with Gasteiger partial charge in [0, 0.05) is 5.41 Å². The molecule has 4 aliphatic carbocycles. The van der Waals surface area contributed by atoms with Gasteiger partial charge in [-0.05, 0) is 61.2 Å². The highest BCUT2D eigenvalue weighted by Crippen LogP contribution is 2.62. The molecule has 0 aliphatic heterocycles. The summed E-state index contributed by atoms with van der Waals surface area (Å²) in [5, 5.41) is 0. The van der Waals surface area contributed by atoms with Crippen molar-refractivity contribution in [1.29, 1.82) is 0 Å². The van der Waals surface area contributed by atoms with Crippen molar-refractivity contribution in [3.8, 4) is 0 Å². The van der Waals surface area contributed by atoms with E-state index in [0.717, 1.165) is 23.7 Å². The van der Waals surface area contributed by atoms with Crippen molar-refractivity contribution >= 4 is 0 Å². The molecule has 0 heterocycles. The molecule has 0 bridgehead atoms. The Bertz CT molecular complexity index is 431. The van der Waals surface area contributed by atoms with Crippen LogP contribution in [0.15, 0.2) is 24.3 Å². The largest absolute Gasteiger partial charge is 0.0873 e. The molecule has 0 aromatic rings. The molecule has 0 N–H and O–H groups in total. The van der Waals surface area contributed by atoms with Crippen LogP contribution in [0.1, 0.15) is 58.8 Å².